The standard InChI is InChI=1S/C21H34N4O3.HI/c1-6-22-21(23-9-8-20(26)25-14(3)4)24-13-17-12-19-16(10-15(5)28-19)11-18(17)27-7-2;/h11-12,14-15H,6-10,13H2,1-5H3,(H,25,26)(H2,22,23,24);1H. The normalized spacial score (nSPS) is 15.2. The summed E-state index contributed by atoms with van der Waals surface area (Å²) in [5.74, 6) is 2.48. The third-order valence-corrected chi connectivity index (χ3v) is 4.22. The number of guanidine groups is 1. The van der Waals surface area contributed by atoms with E-state index < -0.39 is 0 Å². The number of aliphatic imine (C=N–C) groups is 1. The molecular formula is C21H35IN4O3. The van der Waals surface area contributed by atoms with Crippen LogP contribution in [0.25, 0.3) is 0 Å². The molecule has 1 aliphatic heterocycles. The van der Waals surface area contributed by atoms with Crippen molar-refractivity contribution in [2.45, 2.75) is 66.2 Å². The fourth-order valence-corrected chi connectivity index (χ4v) is 3.09. The molecule has 1 atom stereocenters. The number of hydrogen-bond acceptors (Lipinski definition) is 4. The summed E-state index contributed by atoms with van der Waals surface area (Å²) in [6.07, 6.45) is 1.50. The molecule has 0 aromatic heterocycles. The number of carbonyl (C=O) groups excluding carboxylic acids is 1. The van der Waals surface area contributed by atoms with Crippen LogP contribution in [0, 0.1) is 0 Å². The zero-order chi connectivity index (χ0) is 20.5. The van der Waals surface area contributed by atoms with Gasteiger partial charge in [-0.25, -0.2) is 4.99 Å². The SMILES string of the molecule is CCNC(=NCc1cc2c(cc1OCC)CC(C)O2)NCCC(=O)NC(C)C.I. The Morgan fingerprint density at radius 2 is 2.07 bits per heavy atom. The lowest BCUT2D eigenvalue weighted by atomic mass is 10.1. The second kappa shape index (κ2) is 12.8. The van der Waals surface area contributed by atoms with Gasteiger partial charge in [-0.3, -0.25) is 4.79 Å². The van der Waals surface area contributed by atoms with Crippen LogP contribution in [0.3, 0.4) is 0 Å². The van der Waals surface area contributed by atoms with Gasteiger partial charge in [-0.15, -0.1) is 24.0 Å². The second-order valence-corrected chi connectivity index (χ2v) is 7.23. The Balaban J connectivity index is 0.00000420. The maximum Gasteiger partial charge on any atom is 0.221 e. The monoisotopic (exact) mass is 518 g/mol. The van der Waals surface area contributed by atoms with E-state index in [2.05, 4.69) is 33.9 Å². The van der Waals surface area contributed by atoms with E-state index in [1.165, 1.54) is 5.56 Å². The number of amides is 1. The molecule has 0 radical (unpaired) electrons. The molecule has 2 rings (SSSR count). The first-order chi connectivity index (χ1) is 13.4. The van der Waals surface area contributed by atoms with Crippen LogP contribution in [0.4, 0.5) is 0 Å². The van der Waals surface area contributed by atoms with Crippen LogP contribution >= 0.6 is 24.0 Å². The molecule has 1 unspecified atom stereocenters. The lowest BCUT2D eigenvalue weighted by Crippen LogP contribution is -2.40. The summed E-state index contributed by atoms with van der Waals surface area (Å²) in [6, 6.07) is 4.26. The molecule has 1 amide bonds. The molecule has 1 heterocycles. The number of carbonyl (C=O) groups is 1. The van der Waals surface area contributed by atoms with Crippen LogP contribution in [0.1, 0.15) is 52.2 Å². The van der Waals surface area contributed by atoms with Gasteiger partial charge >= 0.3 is 0 Å². The van der Waals surface area contributed by atoms with E-state index in [1.54, 1.807) is 0 Å². The van der Waals surface area contributed by atoms with Gasteiger partial charge in [0, 0.05) is 43.1 Å². The Morgan fingerprint density at radius 1 is 1.31 bits per heavy atom. The van der Waals surface area contributed by atoms with Gasteiger partial charge in [-0.2, -0.15) is 0 Å². The van der Waals surface area contributed by atoms with Crippen molar-refractivity contribution in [2.24, 2.45) is 4.99 Å². The number of benzene rings is 1. The average Bonchev–Trinajstić information content (AvgIpc) is 2.98. The van der Waals surface area contributed by atoms with Crippen molar-refractivity contribution in [1.82, 2.24) is 16.0 Å². The second-order valence-electron chi connectivity index (χ2n) is 7.23. The molecule has 0 saturated heterocycles. The number of halogens is 1. The predicted octanol–water partition coefficient (Wildman–Crippen LogP) is 3.00. The summed E-state index contributed by atoms with van der Waals surface area (Å²) >= 11 is 0. The van der Waals surface area contributed by atoms with Crippen LogP contribution in [0.5, 0.6) is 11.5 Å². The quantitative estimate of drug-likeness (QED) is 0.266. The predicted molar refractivity (Wildman–Crippen MR) is 128 cm³/mol. The summed E-state index contributed by atoms with van der Waals surface area (Å²) in [6.45, 7) is 12.3. The molecule has 7 nitrogen and oxygen atoms in total. The number of fused-ring (bicyclic) bond motifs is 1. The van der Waals surface area contributed by atoms with Crippen molar-refractivity contribution in [1.29, 1.82) is 0 Å². The van der Waals surface area contributed by atoms with E-state index in [1.807, 2.05) is 33.8 Å². The summed E-state index contributed by atoms with van der Waals surface area (Å²) in [5.41, 5.74) is 2.18. The van der Waals surface area contributed by atoms with E-state index in [4.69, 9.17) is 9.47 Å². The summed E-state index contributed by atoms with van der Waals surface area (Å²) < 4.78 is 11.7. The maximum absolute atomic E-state index is 11.8. The van der Waals surface area contributed by atoms with E-state index >= 15 is 0 Å². The van der Waals surface area contributed by atoms with Gasteiger partial charge < -0.3 is 25.4 Å². The lowest BCUT2D eigenvalue weighted by Gasteiger charge is -2.14. The molecule has 1 aromatic rings. The average molecular weight is 518 g/mol. The van der Waals surface area contributed by atoms with Crippen LogP contribution in [0.2, 0.25) is 0 Å². The summed E-state index contributed by atoms with van der Waals surface area (Å²) in [5, 5.41) is 9.31. The minimum atomic E-state index is 0. The third-order valence-electron chi connectivity index (χ3n) is 4.22. The zero-order valence-corrected chi connectivity index (χ0v) is 20.5. The van der Waals surface area contributed by atoms with Crippen LogP contribution in [0.15, 0.2) is 17.1 Å². The number of ether oxygens (including phenoxy) is 2. The molecule has 0 spiro atoms. The Kier molecular flexibility index (Phi) is 11.2. The van der Waals surface area contributed by atoms with Crippen molar-refractivity contribution in [3.63, 3.8) is 0 Å². The van der Waals surface area contributed by atoms with E-state index in [9.17, 15) is 4.79 Å². The molecule has 8 heteroatoms. The Bertz CT molecular complexity index is 695. The Hall–Kier alpha value is -1.71. The minimum absolute atomic E-state index is 0. The molecule has 0 bridgehead atoms. The summed E-state index contributed by atoms with van der Waals surface area (Å²) in [7, 11) is 0. The molecule has 3 N–H and O–H groups in total. The van der Waals surface area contributed by atoms with Gasteiger partial charge in [0.2, 0.25) is 5.91 Å². The number of rotatable bonds is 9. The fraction of sp³-hybridized carbons (Fsp3) is 0.619. The van der Waals surface area contributed by atoms with Crippen molar-refractivity contribution in [3.8, 4) is 11.5 Å². The smallest absolute Gasteiger partial charge is 0.221 e. The first kappa shape index (κ1) is 25.3. The first-order valence-electron chi connectivity index (χ1n) is 10.2. The molecule has 29 heavy (non-hydrogen) atoms. The molecular weight excluding hydrogens is 483 g/mol. The highest BCUT2D eigenvalue weighted by Crippen LogP contribution is 2.35. The van der Waals surface area contributed by atoms with Gasteiger partial charge in [-0.1, -0.05) is 0 Å². The van der Waals surface area contributed by atoms with E-state index in [0.29, 0.717) is 32.1 Å². The van der Waals surface area contributed by atoms with Crippen LogP contribution in [-0.4, -0.2) is 43.7 Å². The number of nitrogens with zero attached hydrogens (tertiary/aromatic N) is 1. The number of hydrogen-bond donors (Lipinski definition) is 3. The zero-order valence-electron chi connectivity index (χ0n) is 18.1. The third kappa shape index (κ3) is 8.28. The Morgan fingerprint density at radius 3 is 2.72 bits per heavy atom. The van der Waals surface area contributed by atoms with Gasteiger partial charge in [0.25, 0.3) is 0 Å². The fourth-order valence-electron chi connectivity index (χ4n) is 3.09. The maximum atomic E-state index is 11.8. The Labute approximate surface area is 191 Å². The van der Waals surface area contributed by atoms with Crippen molar-refractivity contribution < 1.29 is 14.3 Å². The van der Waals surface area contributed by atoms with Gasteiger partial charge in [0.15, 0.2) is 5.96 Å². The van der Waals surface area contributed by atoms with Gasteiger partial charge in [0.1, 0.15) is 17.6 Å². The highest BCUT2D eigenvalue weighted by Gasteiger charge is 2.21. The van der Waals surface area contributed by atoms with Crippen LogP contribution in [-0.2, 0) is 17.8 Å². The largest absolute Gasteiger partial charge is 0.494 e. The first-order valence-corrected chi connectivity index (χ1v) is 10.2. The van der Waals surface area contributed by atoms with E-state index in [0.717, 1.165) is 30.0 Å². The topological polar surface area (TPSA) is 84.0 Å². The minimum Gasteiger partial charge on any atom is -0.494 e. The molecule has 0 fully saturated rings. The molecule has 1 aromatic carbocycles. The van der Waals surface area contributed by atoms with E-state index in [-0.39, 0.29) is 42.0 Å². The van der Waals surface area contributed by atoms with Crippen molar-refractivity contribution >= 4 is 35.8 Å². The van der Waals surface area contributed by atoms with Gasteiger partial charge in [-0.05, 0) is 46.8 Å². The summed E-state index contributed by atoms with van der Waals surface area (Å²) in [4.78, 5) is 16.4. The van der Waals surface area contributed by atoms with Crippen molar-refractivity contribution in [3.05, 3.63) is 23.3 Å². The molecule has 1 aliphatic rings. The highest BCUT2D eigenvalue weighted by atomic mass is 127. The molecule has 0 aliphatic carbocycles. The lowest BCUT2D eigenvalue weighted by molar-refractivity contribution is -0.121. The highest BCUT2D eigenvalue weighted by molar-refractivity contribution is 14.0. The van der Waals surface area contributed by atoms with Crippen LogP contribution < -0.4 is 25.4 Å². The molecule has 0 saturated carbocycles. The van der Waals surface area contributed by atoms with Gasteiger partial charge in [0.05, 0.1) is 13.2 Å². The van der Waals surface area contributed by atoms with Crippen molar-refractivity contribution in [2.75, 3.05) is 19.7 Å². The molecule has 164 valence electrons. The number of nitrogens with one attached hydrogen (secondary N) is 3.